The zero-order valence-corrected chi connectivity index (χ0v) is 13.2. The van der Waals surface area contributed by atoms with Crippen LogP contribution < -0.4 is 5.32 Å². The summed E-state index contributed by atoms with van der Waals surface area (Å²) >= 11 is 1.61. The van der Waals surface area contributed by atoms with Crippen molar-refractivity contribution in [1.82, 2.24) is 10.3 Å². The van der Waals surface area contributed by atoms with Crippen molar-refractivity contribution in [2.75, 3.05) is 5.75 Å². The van der Waals surface area contributed by atoms with Gasteiger partial charge in [-0.2, -0.15) is 11.8 Å². The van der Waals surface area contributed by atoms with Crippen molar-refractivity contribution in [2.24, 2.45) is 5.92 Å². The molecule has 1 heterocycles. The van der Waals surface area contributed by atoms with Gasteiger partial charge in [0.05, 0.1) is 5.69 Å². The maximum atomic E-state index is 11.7. The van der Waals surface area contributed by atoms with Gasteiger partial charge in [0.15, 0.2) is 0 Å². The Bertz CT molecular complexity index is 451. The molecule has 0 saturated heterocycles. The van der Waals surface area contributed by atoms with Crippen molar-refractivity contribution in [3.63, 3.8) is 0 Å². The van der Waals surface area contributed by atoms with Crippen LogP contribution in [-0.4, -0.2) is 33.8 Å². The van der Waals surface area contributed by atoms with Crippen molar-refractivity contribution in [2.45, 2.75) is 38.5 Å². The van der Waals surface area contributed by atoms with Gasteiger partial charge in [0.1, 0.15) is 6.04 Å². The zero-order chi connectivity index (χ0) is 15.7. The lowest BCUT2D eigenvalue weighted by Gasteiger charge is -2.16. The SMILES string of the molecule is CC(C)CC(NC(=O)CCSCc1ccccn1)C(=O)O. The van der Waals surface area contributed by atoms with Gasteiger partial charge in [0.25, 0.3) is 0 Å². The van der Waals surface area contributed by atoms with Crippen LogP contribution in [0.25, 0.3) is 0 Å². The molecule has 0 aliphatic heterocycles. The number of amides is 1. The molecular weight excluding hydrogens is 288 g/mol. The van der Waals surface area contributed by atoms with Crippen LogP contribution >= 0.6 is 11.8 Å². The number of pyridine rings is 1. The van der Waals surface area contributed by atoms with Crippen molar-refractivity contribution >= 4 is 23.6 Å². The molecule has 0 aliphatic carbocycles. The van der Waals surface area contributed by atoms with Crippen molar-refractivity contribution in [3.05, 3.63) is 30.1 Å². The van der Waals surface area contributed by atoms with E-state index in [0.717, 1.165) is 11.4 Å². The number of thioether (sulfide) groups is 1. The predicted molar refractivity (Wildman–Crippen MR) is 84.0 cm³/mol. The number of carbonyl (C=O) groups is 2. The van der Waals surface area contributed by atoms with E-state index in [-0.39, 0.29) is 11.8 Å². The number of hydrogen-bond donors (Lipinski definition) is 2. The third kappa shape index (κ3) is 7.70. The fourth-order valence-electron chi connectivity index (χ4n) is 1.78. The molecule has 1 atom stereocenters. The van der Waals surface area contributed by atoms with Crippen LogP contribution in [0.15, 0.2) is 24.4 Å². The topological polar surface area (TPSA) is 79.3 Å². The molecule has 0 spiro atoms. The summed E-state index contributed by atoms with van der Waals surface area (Å²) in [5, 5.41) is 11.6. The highest BCUT2D eigenvalue weighted by molar-refractivity contribution is 7.98. The molecule has 1 aromatic rings. The summed E-state index contributed by atoms with van der Waals surface area (Å²) in [5.41, 5.74) is 0.978. The first-order valence-electron chi connectivity index (χ1n) is 6.99. The Morgan fingerprint density at radius 1 is 1.38 bits per heavy atom. The number of carboxylic acids is 1. The highest BCUT2D eigenvalue weighted by Crippen LogP contribution is 2.11. The Kier molecular flexibility index (Phi) is 7.82. The Morgan fingerprint density at radius 2 is 2.14 bits per heavy atom. The van der Waals surface area contributed by atoms with Crippen molar-refractivity contribution in [3.8, 4) is 0 Å². The van der Waals surface area contributed by atoms with Crippen LogP contribution in [0.5, 0.6) is 0 Å². The highest BCUT2D eigenvalue weighted by Gasteiger charge is 2.20. The molecule has 2 N–H and O–H groups in total. The quantitative estimate of drug-likeness (QED) is 0.684. The Labute approximate surface area is 129 Å². The molecule has 1 rings (SSSR count). The number of nitrogens with zero attached hydrogens (tertiary/aromatic N) is 1. The predicted octanol–water partition coefficient (Wildman–Crippen LogP) is 2.32. The summed E-state index contributed by atoms with van der Waals surface area (Å²) in [6.07, 6.45) is 2.51. The molecule has 0 saturated carbocycles. The minimum absolute atomic E-state index is 0.212. The largest absolute Gasteiger partial charge is 0.480 e. The first-order valence-corrected chi connectivity index (χ1v) is 8.14. The lowest BCUT2D eigenvalue weighted by Crippen LogP contribution is -2.41. The Morgan fingerprint density at radius 3 is 2.71 bits per heavy atom. The number of carbonyl (C=O) groups excluding carboxylic acids is 1. The van der Waals surface area contributed by atoms with Gasteiger partial charge in [0.2, 0.25) is 5.91 Å². The van der Waals surface area contributed by atoms with Crippen LogP contribution in [0.1, 0.15) is 32.4 Å². The molecule has 0 radical (unpaired) electrons. The lowest BCUT2D eigenvalue weighted by molar-refractivity contribution is -0.142. The fraction of sp³-hybridized carbons (Fsp3) is 0.533. The summed E-state index contributed by atoms with van der Waals surface area (Å²) in [6.45, 7) is 3.87. The van der Waals surface area contributed by atoms with Gasteiger partial charge < -0.3 is 10.4 Å². The number of aromatic nitrogens is 1. The minimum Gasteiger partial charge on any atom is -0.480 e. The second-order valence-electron chi connectivity index (χ2n) is 5.21. The molecule has 21 heavy (non-hydrogen) atoms. The van der Waals surface area contributed by atoms with E-state index in [1.807, 2.05) is 32.0 Å². The van der Waals surface area contributed by atoms with E-state index >= 15 is 0 Å². The average molecular weight is 310 g/mol. The van der Waals surface area contributed by atoms with Gasteiger partial charge >= 0.3 is 5.97 Å². The van der Waals surface area contributed by atoms with Crippen molar-refractivity contribution in [1.29, 1.82) is 0 Å². The number of hydrogen-bond acceptors (Lipinski definition) is 4. The van der Waals surface area contributed by atoms with Crippen LogP contribution in [0.4, 0.5) is 0 Å². The number of aliphatic carboxylic acids is 1. The van der Waals surface area contributed by atoms with Gasteiger partial charge in [-0.3, -0.25) is 9.78 Å². The Hall–Kier alpha value is -1.56. The molecule has 1 amide bonds. The first kappa shape index (κ1) is 17.5. The number of rotatable bonds is 9. The molecule has 6 heteroatoms. The summed E-state index contributed by atoms with van der Waals surface area (Å²) in [4.78, 5) is 27.0. The van der Waals surface area contributed by atoms with E-state index in [2.05, 4.69) is 10.3 Å². The van der Waals surface area contributed by atoms with Gasteiger partial charge in [-0.05, 0) is 24.5 Å². The smallest absolute Gasteiger partial charge is 0.326 e. The number of nitrogens with one attached hydrogen (secondary N) is 1. The summed E-state index contributed by atoms with van der Waals surface area (Å²) < 4.78 is 0. The van der Waals surface area contributed by atoms with Gasteiger partial charge in [-0.25, -0.2) is 4.79 Å². The first-order chi connectivity index (χ1) is 9.99. The van der Waals surface area contributed by atoms with Gasteiger partial charge in [0, 0.05) is 24.1 Å². The lowest BCUT2D eigenvalue weighted by atomic mass is 10.0. The monoisotopic (exact) mass is 310 g/mol. The van der Waals surface area contributed by atoms with Crippen LogP contribution in [-0.2, 0) is 15.3 Å². The molecule has 116 valence electrons. The molecule has 0 aromatic carbocycles. The second kappa shape index (κ2) is 9.39. The third-order valence-corrected chi connectivity index (χ3v) is 3.78. The minimum atomic E-state index is -0.974. The van der Waals surface area contributed by atoms with E-state index in [1.54, 1.807) is 18.0 Å². The van der Waals surface area contributed by atoms with Crippen LogP contribution in [0.3, 0.4) is 0 Å². The highest BCUT2D eigenvalue weighted by atomic mass is 32.2. The molecule has 1 aromatic heterocycles. The summed E-state index contributed by atoms with van der Waals surface area (Å²) in [7, 11) is 0. The van der Waals surface area contributed by atoms with Crippen LogP contribution in [0.2, 0.25) is 0 Å². The normalized spacial score (nSPS) is 12.1. The molecule has 0 fully saturated rings. The Balaban J connectivity index is 2.25. The van der Waals surface area contributed by atoms with E-state index in [1.165, 1.54) is 0 Å². The van der Waals surface area contributed by atoms with Gasteiger partial charge in [-0.1, -0.05) is 19.9 Å². The second-order valence-corrected chi connectivity index (χ2v) is 6.32. The van der Waals surface area contributed by atoms with Gasteiger partial charge in [-0.15, -0.1) is 0 Å². The summed E-state index contributed by atoms with van der Waals surface area (Å²) in [6, 6.07) is 4.94. The molecule has 1 unspecified atom stereocenters. The molecule has 0 aliphatic rings. The maximum Gasteiger partial charge on any atom is 0.326 e. The average Bonchev–Trinajstić information content (AvgIpc) is 2.43. The maximum absolute atomic E-state index is 11.7. The van der Waals surface area contributed by atoms with E-state index in [4.69, 9.17) is 5.11 Å². The van der Waals surface area contributed by atoms with Crippen molar-refractivity contribution < 1.29 is 14.7 Å². The molecule has 5 nitrogen and oxygen atoms in total. The van der Waals surface area contributed by atoms with E-state index < -0.39 is 12.0 Å². The van der Waals surface area contributed by atoms with E-state index in [0.29, 0.717) is 18.6 Å². The molecular formula is C15H22N2O3S. The molecule has 0 bridgehead atoms. The summed E-state index contributed by atoms with van der Waals surface area (Å²) in [5.74, 6) is 0.443. The standard InChI is InChI=1S/C15H22N2O3S/c1-11(2)9-13(15(19)20)17-14(18)6-8-21-10-12-5-3-4-7-16-12/h3-5,7,11,13H,6,8-10H2,1-2H3,(H,17,18)(H,19,20). The van der Waals surface area contributed by atoms with E-state index in [9.17, 15) is 9.59 Å². The third-order valence-electron chi connectivity index (χ3n) is 2.79. The fourth-order valence-corrected chi connectivity index (χ4v) is 2.64. The van der Waals surface area contributed by atoms with Crippen LogP contribution in [0, 0.1) is 5.92 Å². The zero-order valence-electron chi connectivity index (χ0n) is 12.4. The number of carboxylic acid groups (broad SMARTS) is 1.